The van der Waals surface area contributed by atoms with Gasteiger partial charge in [-0.05, 0) is 59.9 Å². The number of halogens is 1. The Morgan fingerprint density at radius 2 is 1.54 bits per heavy atom. The number of aromatic nitrogens is 1. The molecular formula is C25H36FNO. The highest BCUT2D eigenvalue weighted by molar-refractivity contribution is 5.74. The van der Waals surface area contributed by atoms with Gasteiger partial charge in [-0.15, -0.1) is 0 Å². The van der Waals surface area contributed by atoms with Crippen molar-refractivity contribution in [3.8, 4) is 11.1 Å². The Bertz CT molecular complexity index is 765. The van der Waals surface area contributed by atoms with Gasteiger partial charge in [-0.1, -0.05) is 66.5 Å². The highest BCUT2D eigenvalue weighted by Gasteiger charge is 2.26. The van der Waals surface area contributed by atoms with E-state index >= 15 is 0 Å². The van der Waals surface area contributed by atoms with Gasteiger partial charge in [0.15, 0.2) is 0 Å². The Morgan fingerprint density at radius 1 is 0.929 bits per heavy atom. The molecule has 0 bridgehead atoms. The number of rotatable bonds is 9. The topological polar surface area (TPSA) is 33.1 Å². The van der Waals surface area contributed by atoms with Crippen LogP contribution in [0.15, 0.2) is 24.3 Å². The molecule has 28 heavy (non-hydrogen) atoms. The van der Waals surface area contributed by atoms with Crippen LogP contribution in [0.2, 0.25) is 0 Å². The minimum absolute atomic E-state index is 0.206. The Balaban J connectivity index is 2.87. The molecule has 0 radical (unpaired) electrons. The zero-order chi connectivity index (χ0) is 20.8. The maximum Gasteiger partial charge on any atom is 0.123 e. The quantitative estimate of drug-likeness (QED) is 0.459. The fraction of sp³-hybridized carbons (Fsp3) is 0.560. The third-order valence-corrected chi connectivity index (χ3v) is 5.37. The van der Waals surface area contributed by atoms with E-state index in [-0.39, 0.29) is 11.7 Å². The average molecular weight is 386 g/mol. The van der Waals surface area contributed by atoms with Gasteiger partial charge in [0.25, 0.3) is 0 Å². The van der Waals surface area contributed by atoms with Crippen molar-refractivity contribution in [3.63, 3.8) is 0 Å². The maximum atomic E-state index is 13.6. The van der Waals surface area contributed by atoms with Crippen molar-refractivity contribution in [2.24, 2.45) is 0 Å². The van der Waals surface area contributed by atoms with Gasteiger partial charge in [0.05, 0.1) is 6.10 Å². The third-order valence-electron chi connectivity index (χ3n) is 5.37. The molecule has 0 aliphatic heterocycles. The van der Waals surface area contributed by atoms with E-state index < -0.39 is 6.10 Å². The first-order valence-electron chi connectivity index (χ1n) is 10.8. The molecule has 2 aromatic rings. The number of unbranched alkanes of at least 4 members (excludes halogenated alkanes) is 2. The molecule has 0 aliphatic rings. The lowest BCUT2D eigenvalue weighted by Crippen LogP contribution is -2.15. The lowest BCUT2D eigenvalue weighted by molar-refractivity contribution is 0.172. The summed E-state index contributed by atoms with van der Waals surface area (Å²) in [6.07, 6.45) is 4.40. The Labute approximate surface area is 170 Å². The SMILES string of the molecule is CCCCCc1c(C(C)C)nc(C(C)C)c(C(O)CC)c1-c1ccc(F)cc1. The van der Waals surface area contributed by atoms with Gasteiger partial charge in [0.1, 0.15) is 5.82 Å². The van der Waals surface area contributed by atoms with E-state index in [0.29, 0.717) is 12.3 Å². The molecule has 0 saturated carbocycles. The van der Waals surface area contributed by atoms with Crippen molar-refractivity contribution in [2.75, 3.05) is 0 Å². The van der Waals surface area contributed by atoms with Crippen LogP contribution in [-0.4, -0.2) is 10.1 Å². The second kappa shape index (κ2) is 10.2. The number of pyridine rings is 1. The Kier molecular flexibility index (Phi) is 8.18. The van der Waals surface area contributed by atoms with E-state index in [4.69, 9.17) is 4.98 Å². The van der Waals surface area contributed by atoms with Crippen LogP contribution in [0.1, 0.15) is 108 Å². The standard InChI is InChI=1S/C25H36FNO/c1-7-9-10-11-20-22(18-12-14-19(26)15-13-18)23(21(28)8-2)25(17(5)6)27-24(20)16(3)4/h12-17,21,28H,7-11H2,1-6H3. The van der Waals surface area contributed by atoms with Crippen LogP contribution >= 0.6 is 0 Å². The van der Waals surface area contributed by atoms with Crippen LogP contribution in [0.5, 0.6) is 0 Å². The van der Waals surface area contributed by atoms with E-state index in [0.717, 1.165) is 53.8 Å². The Morgan fingerprint density at radius 3 is 2.04 bits per heavy atom. The molecule has 0 fully saturated rings. The van der Waals surface area contributed by atoms with Gasteiger partial charge < -0.3 is 5.11 Å². The van der Waals surface area contributed by atoms with E-state index in [1.54, 1.807) is 0 Å². The highest BCUT2D eigenvalue weighted by atomic mass is 19.1. The normalized spacial score (nSPS) is 12.8. The number of benzene rings is 1. The van der Waals surface area contributed by atoms with Gasteiger partial charge in [0, 0.05) is 17.0 Å². The molecule has 2 rings (SSSR count). The maximum absolute atomic E-state index is 13.6. The minimum atomic E-state index is -0.573. The molecular weight excluding hydrogens is 349 g/mol. The third kappa shape index (κ3) is 5.00. The second-order valence-electron chi connectivity index (χ2n) is 8.35. The summed E-state index contributed by atoms with van der Waals surface area (Å²) >= 11 is 0. The summed E-state index contributed by atoms with van der Waals surface area (Å²) in [7, 11) is 0. The summed E-state index contributed by atoms with van der Waals surface area (Å²) in [6, 6.07) is 6.71. The first-order chi connectivity index (χ1) is 13.3. The summed E-state index contributed by atoms with van der Waals surface area (Å²) in [5, 5.41) is 11.0. The van der Waals surface area contributed by atoms with Crippen LogP contribution in [0.4, 0.5) is 4.39 Å². The fourth-order valence-electron chi connectivity index (χ4n) is 3.89. The molecule has 1 aromatic heterocycles. The van der Waals surface area contributed by atoms with Crippen molar-refractivity contribution in [2.45, 2.75) is 91.6 Å². The van der Waals surface area contributed by atoms with Gasteiger partial charge in [-0.2, -0.15) is 0 Å². The number of aliphatic hydroxyl groups excluding tert-OH is 1. The van der Waals surface area contributed by atoms with Crippen LogP contribution in [0, 0.1) is 5.82 Å². The van der Waals surface area contributed by atoms with Crippen molar-refractivity contribution in [1.82, 2.24) is 4.98 Å². The molecule has 154 valence electrons. The first-order valence-corrected chi connectivity index (χ1v) is 10.8. The van der Waals surface area contributed by atoms with E-state index in [1.807, 2.05) is 19.1 Å². The summed E-state index contributed by atoms with van der Waals surface area (Å²) in [4.78, 5) is 5.09. The monoisotopic (exact) mass is 385 g/mol. The first kappa shape index (κ1) is 22.5. The largest absolute Gasteiger partial charge is 0.388 e. The molecule has 1 aromatic carbocycles. The number of aliphatic hydroxyl groups is 1. The molecule has 2 nitrogen and oxygen atoms in total. The number of hydrogen-bond donors (Lipinski definition) is 1. The predicted octanol–water partition coefficient (Wildman–Crippen LogP) is 7.31. The van der Waals surface area contributed by atoms with E-state index in [1.165, 1.54) is 17.7 Å². The van der Waals surface area contributed by atoms with Crippen LogP contribution in [-0.2, 0) is 6.42 Å². The van der Waals surface area contributed by atoms with Crippen molar-refractivity contribution in [1.29, 1.82) is 0 Å². The van der Waals surface area contributed by atoms with Gasteiger partial charge in [-0.25, -0.2) is 4.39 Å². The van der Waals surface area contributed by atoms with E-state index in [9.17, 15) is 9.50 Å². The fourth-order valence-corrected chi connectivity index (χ4v) is 3.89. The number of hydrogen-bond acceptors (Lipinski definition) is 2. The second-order valence-corrected chi connectivity index (χ2v) is 8.35. The lowest BCUT2D eigenvalue weighted by atomic mass is 9.83. The van der Waals surface area contributed by atoms with Gasteiger partial charge >= 0.3 is 0 Å². The summed E-state index contributed by atoms with van der Waals surface area (Å²) in [5.41, 5.74) is 6.29. The van der Waals surface area contributed by atoms with Crippen molar-refractivity contribution in [3.05, 3.63) is 52.6 Å². The van der Waals surface area contributed by atoms with Gasteiger partial charge in [0.2, 0.25) is 0 Å². The molecule has 1 atom stereocenters. The molecule has 1 heterocycles. The van der Waals surface area contributed by atoms with Gasteiger partial charge in [-0.3, -0.25) is 4.98 Å². The molecule has 1 unspecified atom stereocenters. The zero-order valence-electron chi connectivity index (χ0n) is 18.3. The molecule has 1 N–H and O–H groups in total. The van der Waals surface area contributed by atoms with Crippen molar-refractivity contribution >= 4 is 0 Å². The molecule has 0 amide bonds. The summed E-state index contributed by atoms with van der Waals surface area (Å²) in [5.74, 6) is 0.259. The van der Waals surface area contributed by atoms with Crippen LogP contribution < -0.4 is 0 Å². The summed E-state index contributed by atoms with van der Waals surface area (Å²) < 4.78 is 13.6. The molecule has 0 spiro atoms. The van der Waals surface area contributed by atoms with Crippen LogP contribution in [0.3, 0.4) is 0 Å². The number of nitrogens with zero attached hydrogens (tertiary/aromatic N) is 1. The minimum Gasteiger partial charge on any atom is -0.388 e. The summed E-state index contributed by atoms with van der Waals surface area (Å²) in [6.45, 7) is 12.8. The average Bonchev–Trinajstić information content (AvgIpc) is 2.67. The smallest absolute Gasteiger partial charge is 0.123 e. The molecule has 0 aliphatic carbocycles. The lowest BCUT2D eigenvalue weighted by Gasteiger charge is -2.27. The van der Waals surface area contributed by atoms with Crippen LogP contribution in [0.25, 0.3) is 11.1 Å². The zero-order valence-corrected chi connectivity index (χ0v) is 18.3. The van der Waals surface area contributed by atoms with Crippen molar-refractivity contribution < 1.29 is 9.50 Å². The predicted molar refractivity (Wildman–Crippen MR) is 116 cm³/mol. The Hall–Kier alpha value is -1.74. The highest BCUT2D eigenvalue weighted by Crippen LogP contribution is 2.41. The van der Waals surface area contributed by atoms with E-state index in [2.05, 4.69) is 34.6 Å². The molecule has 3 heteroatoms. The molecule has 0 saturated heterocycles.